The molecule has 1 saturated heterocycles. The van der Waals surface area contributed by atoms with E-state index < -0.39 is 0 Å². The lowest BCUT2D eigenvalue weighted by molar-refractivity contribution is 0.0907. The third kappa shape index (κ3) is 5.32. The molecule has 0 spiro atoms. The normalized spacial score (nSPS) is 17.7. The van der Waals surface area contributed by atoms with Crippen molar-refractivity contribution in [3.8, 4) is 0 Å². The summed E-state index contributed by atoms with van der Waals surface area (Å²) >= 11 is 0. The zero-order valence-electron chi connectivity index (χ0n) is 20.0. The Morgan fingerprint density at radius 2 is 1.50 bits per heavy atom. The molecule has 0 saturated carbocycles. The summed E-state index contributed by atoms with van der Waals surface area (Å²) in [5, 5.41) is 3.31. The molecule has 1 amide bonds. The van der Waals surface area contributed by atoms with E-state index >= 15 is 0 Å². The van der Waals surface area contributed by atoms with Crippen LogP contribution in [-0.4, -0.2) is 62.0 Å². The molecule has 2 heterocycles. The van der Waals surface area contributed by atoms with Crippen molar-refractivity contribution in [2.75, 3.05) is 51.2 Å². The van der Waals surface area contributed by atoms with Crippen LogP contribution in [0.4, 0.5) is 5.69 Å². The Kier molecular flexibility index (Phi) is 6.93. The molecule has 0 bridgehead atoms. The van der Waals surface area contributed by atoms with Crippen LogP contribution in [0.15, 0.2) is 78.9 Å². The van der Waals surface area contributed by atoms with Crippen LogP contribution in [0, 0.1) is 0 Å². The van der Waals surface area contributed by atoms with Crippen LogP contribution < -0.4 is 10.2 Å². The number of nitrogens with one attached hydrogen (secondary N) is 1. The van der Waals surface area contributed by atoms with Gasteiger partial charge in [0.15, 0.2) is 0 Å². The van der Waals surface area contributed by atoms with Gasteiger partial charge in [0.2, 0.25) is 0 Å². The van der Waals surface area contributed by atoms with Gasteiger partial charge < -0.3 is 15.1 Å². The number of rotatable bonds is 6. The molecule has 0 radical (unpaired) electrons. The minimum atomic E-state index is -0.0321. The van der Waals surface area contributed by atoms with Gasteiger partial charge in [-0.25, -0.2) is 0 Å². The van der Waals surface area contributed by atoms with E-state index in [0.717, 1.165) is 57.8 Å². The van der Waals surface area contributed by atoms with Gasteiger partial charge >= 0.3 is 0 Å². The van der Waals surface area contributed by atoms with Gasteiger partial charge in [0.1, 0.15) is 0 Å². The lowest BCUT2D eigenvalue weighted by Crippen LogP contribution is -2.47. The molecular weight excluding hydrogens is 420 g/mol. The molecule has 34 heavy (non-hydrogen) atoms. The molecule has 5 heteroatoms. The van der Waals surface area contributed by atoms with Gasteiger partial charge in [-0.15, -0.1) is 0 Å². The van der Waals surface area contributed by atoms with E-state index in [1.807, 2.05) is 30.3 Å². The standard InChI is InChI=1S/C29H34N4O/c1-31-17-19-32(20-18-31)22-28(24-8-3-2-4-9-24)30-29(34)25-11-13-27(14-12-25)33-16-15-23-7-5-6-10-26(23)21-33/h2-14,28H,15-22H2,1H3,(H,30,34). The van der Waals surface area contributed by atoms with E-state index in [4.69, 9.17) is 0 Å². The molecule has 2 aliphatic heterocycles. The number of benzene rings is 3. The third-order valence-electron chi connectivity index (χ3n) is 7.17. The fraction of sp³-hybridized carbons (Fsp3) is 0.345. The monoisotopic (exact) mass is 454 g/mol. The second-order valence-electron chi connectivity index (χ2n) is 9.53. The van der Waals surface area contributed by atoms with Crippen molar-refractivity contribution >= 4 is 11.6 Å². The van der Waals surface area contributed by atoms with Crippen LogP contribution in [-0.2, 0) is 13.0 Å². The Morgan fingerprint density at radius 1 is 0.824 bits per heavy atom. The van der Waals surface area contributed by atoms with Crippen LogP contribution in [0.3, 0.4) is 0 Å². The van der Waals surface area contributed by atoms with Gasteiger partial charge in [0.05, 0.1) is 6.04 Å². The zero-order chi connectivity index (χ0) is 23.3. The molecule has 5 rings (SSSR count). The quantitative estimate of drug-likeness (QED) is 0.612. The van der Waals surface area contributed by atoms with Crippen molar-refractivity contribution in [2.45, 2.75) is 19.0 Å². The summed E-state index contributed by atoms with van der Waals surface area (Å²) in [4.78, 5) is 20.4. The summed E-state index contributed by atoms with van der Waals surface area (Å²) in [7, 11) is 2.17. The predicted molar refractivity (Wildman–Crippen MR) is 138 cm³/mol. The van der Waals surface area contributed by atoms with E-state index in [0.29, 0.717) is 5.56 Å². The Balaban J connectivity index is 1.26. The number of amides is 1. The second kappa shape index (κ2) is 10.4. The molecule has 3 aromatic rings. The average molecular weight is 455 g/mol. The van der Waals surface area contributed by atoms with Crippen molar-refractivity contribution in [1.29, 1.82) is 0 Å². The van der Waals surface area contributed by atoms with Crippen molar-refractivity contribution in [3.63, 3.8) is 0 Å². The first-order valence-corrected chi connectivity index (χ1v) is 12.3. The predicted octanol–water partition coefficient (Wildman–Crippen LogP) is 3.97. The topological polar surface area (TPSA) is 38.8 Å². The molecule has 0 aromatic heterocycles. The molecule has 3 aromatic carbocycles. The smallest absolute Gasteiger partial charge is 0.251 e. The Hall–Kier alpha value is -3.15. The van der Waals surface area contributed by atoms with Crippen LogP contribution in [0.25, 0.3) is 0 Å². The number of carbonyl (C=O) groups excluding carboxylic acids is 1. The van der Waals surface area contributed by atoms with Gasteiger partial charge in [0, 0.05) is 57.1 Å². The number of anilines is 1. The fourth-order valence-corrected chi connectivity index (χ4v) is 4.99. The average Bonchev–Trinajstić information content (AvgIpc) is 2.90. The second-order valence-corrected chi connectivity index (χ2v) is 9.53. The van der Waals surface area contributed by atoms with Crippen LogP contribution in [0.5, 0.6) is 0 Å². The Bertz CT molecular complexity index is 1090. The van der Waals surface area contributed by atoms with E-state index in [1.54, 1.807) is 0 Å². The minimum absolute atomic E-state index is 0.0153. The highest BCUT2D eigenvalue weighted by Gasteiger charge is 2.22. The number of fused-ring (bicyclic) bond motifs is 1. The first kappa shape index (κ1) is 22.6. The summed E-state index contributed by atoms with van der Waals surface area (Å²) < 4.78 is 0. The van der Waals surface area contributed by atoms with E-state index in [-0.39, 0.29) is 11.9 Å². The maximum atomic E-state index is 13.2. The van der Waals surface area contributed by atoms with Crippen LogP contribution in [0.2, 0.25) is 0 Å². The van der Waals surface area contributed by atoms with Crippen molar-refractivity contribution in [1.82, 2.24) is 15.1 Å². The first-order chi connectivity index (χ1) is 16.7. The summed E-state index contributed by atoms with van der Waals surface area (Å²) in [6.07, 6.45) is 1.06. The molecule has 1 fully saturated rings. The van der Waals surface area contributed by atoms with E-state index in [1.165, 1.54) is 16.8 Å². The number of nitrogens with zero attached hydrogens (tertiary/aromatic N) is 3. The number of piperazine rings is 1. The third-order valence-corrected chi connectivity index (χ3v) is 7.17. The van der Waals surface area contributed by atoms with Crippen molar-refractivity contribution in [3.05, 3.63) is 101 Å². The van der Waals surface area contributed by atoms with E-state index in [9.17, 15) is 4.79 Å². The SMILES string of the molecule is CN1CCN(CC(NC(=O)c2ccc(N3CCc4ccccc4C3)cc2)c2ccccc2)CC1. The van der Waals surface area contributed by atoms with Gasteiger partial charge in [-0.1, -0.05) is 54.6 Å². The molecule has 5 nitrogen and oxygen atoms in total. The molecular formula is C29H34N4O. The lowest BCUT2D eigenvalue weighted by Gasteiger charge is -2.35. The molecule has 2 aliphatic rings. The van der Waals surface area contributed by atoms with Crippen molar-refractivity contribution in [2.24, 2.45) is 0 Å². The highest BCUT2D eigenvalue weighted by atomic mass is 16.1. The largest absolute Gasteiger partial charge is 0.367 e. The summed E-state index contributed by atoms with van der Waals surface area (Å²) in [5.41, 5.74) is 5.87. The Labute approximate surface area is 203 Å². The number of hydrogen-bond donors (Lipinski definition) is 1. The maximum Gasteiger partial charge on any atom is 0.251 e. The molecule has 176 valence electrons. The van der Waals surface area contributed by atoms with Crippen LogP contribution >= 0.6 is 0 Å². The number of carbonyl (C=O) groups is 1. The van der Waals surface area contributed by atoms with Crippen LogP contribution in [0.1, 0.15) is 33.1 Å². The van der Waals surface area contributed by atoms with Gasteiger partial charge in [0.25, 0.3) is 5.91 Å². The summed E-state index contributed by atoms with van der Waals surface area (Å²) in [6.45, 7) is 6.95. The van der Waals surface area contributed by atoms with Gasteiger partial charge in [-0.05, 0) is 54.4 Å². The fourth-order valence-electron chi connectivity index (χ4n) is 4.99. The molecule has 0 aliphatic carbocycles. The molecule has 1 atom stereocenters. The highest BCUT2D eigenvalue weighted by Crippen LogP contribution is 2.25. The Morgan fingerprint density at radius 3 is 2.24 bits per heavy atom. The van der Waals surface area contributed by atoms with Gasteiger partial charge in [-0.2, -0.15) is 0 Å². The molecule has 1 N–H and O–H groups in total. The first-order valence-electron chi connectivity index (χ1n) is 12.3. The number of likely N-dealkylation sites (N-methyl/N-ethyl adjacent to an activating group) is 1. The number of hydrogen-bond acceptors (Lipinski definition) is 4. The van der Waals surface area contributed by atoms with Gasteiger partial charge in [-0.3, -0.25) is 9.69 Å². The minimum Gasteiger partial charge on any atom is -0.367 e. The summed E-state index contributed by atoms with van der Waals surface area (Å²) in [5.74, 6) is -0.0153. The maximum absolute atomic E-state index is 13.2. The zero-order valence-corrected chi connectivity index (χ0v) is 20.0. The highest BCUT2D eigenvalue weighted by molar-refractivity contribution is 5.94. The molecule has 1 unspecified atom stereocenters. The lowest BCUT2D eigenvalue weighted by atomic mass is 9.99. The summed E-state index contributed by atoms with van der Waals surface area (Å²) in [6, 6.07) is 27.1. The van der Waals surface area contributed by atoms with E-state index in [2.05, 4.69) is 75.6 Å². The van der Waals surface area contributed by atoms with Crippen molar-refractivity contribution < 1.29 is 4.79 Å².